The minimum absolute atomic E-state index is 0.765. The molecule has 1 heterocycles. The Morgan fingerprint density at radius 3 is 2.64 bits per heavy atom. The fourth-order valence-electron chi connectivity index (χ4n) is 1.51. The van der Waals surface area contributed by atoms with Gasteiger partial charge in [-0.05, 0) is 30.7 Å². The molecule has 0 aliphatic rings. The van der Waals surface area contributed by atoms with E-state index in [0.717, 1.165) is 22.5 Å². The summed E-state index contributed by atoms with van der Waals surface area (Å²) < 4.78 is 1.73. The first-order valence-corrected chi connectivity index (χ1v) is 4.39. The molecule has 2 aromatic rings. The second-order valence-electron chi connectivity index (χ2n) is 3.38. The van der Waals surface area contributed by atoms with E-state index < -0.39 is 0 Å². The van der Waals surface area contributed by atoms with Crippen molar-refractivity contribution in [2.24, 2.45) is 7.05 Å². The molecular formula is C10H12N4. The predicted molar refractivity (Wildman–Crippen MR) is 55.6 cm³/mol. The maximum Gasteiger partial charge on any atom is 0.0883 e. The molecule has 1 aromatic carbocycles. The van der Waals surface area contributed by atoms with Gasteiger partial charge in [0.2, 0.25) is 0 Å². The van der Waals surface area contributed by atoms with Crippen molar-refractivity contribution < 1.29 is 0 Å². The molecule has 0 unspecified atom stereocenters. The molecule has 0 bridgehead atoms. The Bertz CT molecular complexity index is 439. The van der Waals surface area contributed by atoms with Gasteiger partial charge in [-0.15, -0.1) is 5.10 Å². The Balaban J connectivity index is 2.57. The fraction of sp³-hybridized carbons (Fsp3) is 0.200. The Labute approximate surface area is 82.4 Å². The zero-order valence-corrected chi connectivity index (χ0v) is 8.23. The lowest BCUT2D eigenvalue weighted by Gasteiger charge is -2.03. The molecule has 0 saturated carbocycles. The van der Waals surface area contributed by atoms with Gasteiger partial charge >= 0.3 is 0 Å². The van der Waals surface area contributed by atoms with E-state index in [0.29, 0.717) is 0 Å². The van der Waals surface area contributed by atoms with Gasteiger partial charge in [-0.3, -0.25) is 0 Å². The topological polar surface area (TPSA) is 56.7 Å². The van der Waals surface area contributed by atoms with Crippen molar-refractivity contribution in [1.29, 1.82) is 0 Å². The summed E-state index contributed by atoms with van der Waals surface area (Å²) in [6.45, 7) is 2.02. The molecule has 1 aromatic heterocycles. The summed E-state index contributed by atoms with van der Waals surface area (Å²) in [5.41, 5.74) is 9.69. The lowest BCUT2D eigenvalue weighted by molar-refractivity contribution is 0.720. The van der Waals surface area contributed by atoms with Crippen LogP contribution in [0, 0.1) is 6.92 Å². The normalized spacial score (nSPS) is 10.4. The van der Waals surface area contributed by atoms with E-state index in [1.165, 1.54) is 0 Å². The zero-order chi connectivity index (χ0) is 10.1. The van der Waals surface area contributed by atoms with Crippen molar-refractivity contribution in [2.45, 2.75) is 6.92 Å². The smallest absolute Gasteiger partial charge is 0.0883 e. The van der Waals surface area contributed by atoms with Crippen molar-refractivity contribution in [1.82, 2.24) is 15.0 Å². The molecule has 0 fully saturated rings. The monoisotopic (exact) mass is 188 g/mol. The summed E-state index contributed by atoms with van der Waals surface area (Å²) in [5, 5.41) is 7.71. The molecular weight excluding hydrogens is 176 g/mol. The van der Waals surface area contributed by atoms with Crippen LogP contribution in [0.4, 0.5) is 5.69 Å². The van der Waals surface area contributed by atoms with E-state index in [1.54, 1.807) is 10.9 Å². The highest BCUT2D eigenvalue weighted by Gasteiger charge is 2.04. The Morgan fingerprint density at radius 2 is 2.07 bits per heavy atom. The number of rotatable bonds is 1. The van der Waals surface area contributed by atoms with Crippen molar-refractivity contribution in [3.8, 4) is 11.3 Å². The number of aromatic nitrogens is 3. The van der Waals surface area contributed by atoms with Crippen LogP contribution >= 0.6 is 0 Å². The van der Waals surface area contributed by atoms with E-state index in [4.69, 9.17) is 5.73 Å². The minimum atomic E-state index is 0.765. The molecule has 72 valence electrons. The van der Waals surface area contributed by atoms with Crippen LogP contribution in [0.1, 0.15) is 5.56 Å². The van der Waals surface area contributed by atoms with Gasteiger partial charge in [-0.25, -0.2) is 4.68 Å². The average molecular weight is 188 g/mol. The Morgan fingerprint density at radius 1 is 1.29 bits per heavy atom. The number of benzene rings is 1. The summed E-state index contributed by atoms with van der Waals surface area (Å²) >= 11 is 0. The molecule has 0 saturated heterocycles. The number of aryl methyl sites for hydroxylation is 2. The maximum absolute atomic E-state index is 5.77. The van der Waals surface area contributed by atoms with E-state index in [1.807, 2.05) is 26.1 Å². The molecule has 0 aliphatic carbocycles. The largest absolute Gasteiger partial charge is 0.399 e. The second kappa shape index (κ2) is 3.14. The van der Waals surface area contributed by atoms with Crippen molar-refractivity contribution in [3.63, 3.8) is 0 Å². The number of hydrogen-bond acceptors (Lipinski definition) is 3. The molecule has 0 atom stereocenters. The second-order valence-corrected chi connectivity index (χ2v) is 3.38. The van der Waals surface area contributed by atoms with Crippen molar-refractivity contribution in [3.05, 3.63) is 30.0 Å². The van der Waals surface area contributed by atoms with Crippen molar-refractivity contribution in [2.75, 3.05) is 5.73 Å². The van der Waals surface area contributed by atoms with Gasteiger partial charge in [0.25, 0.3) is 0 Å². The molecule has 0 aliphatic heterocycles. The fourth-order valence-corrected chi connectivity index (χ4v) is 1.51. The number of anilines is 1. The molecule has 2 N–H and O–H groups in total. The number of nitrogen functional groups attached to an aromatic ring is 1. The zero-order valence-electron chi connectivity index (χ0n) is 8.23. The van der Waals surface area contributed by atoms with Gasteiger partial charge in [0.15, 0.2) is 0 Å². The Kier molecular flexibility index (Phi) is 1.96. The summed E-state index contributed by atoms with van der Waals surface area (Å²) in [5.74, 6) is 0. The summed E-state index contributed by atoms with van der Waals surface area (Å²) in [4.78, 5) is 0. The molecule has 14 heavy (non-hydrogen) atoms. The van der Waals surface area contributed by atoms with E-state index in [9.17, 15) is 0 Å². The lowest BCUT2D eigenvalue weighted by Crippen LogP contribution is -1.95. The first-order valence-electron chi connectivity index (χ1n) is 4.39. The van der Waals surface area contributed by atoms with E-state index in [2.05, 4.69) is 16.4 Å². The molecule has 4 nitrogen and oxygen atoms in total. The Hall–Kier alpha value is -1.84. The molecule has 0 spiro atoms. The molecule has 2 rings (SSSR count). The summed E-state index contributed by atoms with van der Waals surface area (Å²) in [6.07, 6.45) is 1.73. The number of nitrogens with zero attached hydrogens (tertiary/aromatic N) is 3. The van der Waals surface area contributed by atoms with Gasteiger partial charge in [-0.2, -0.15) is 0 Å². The lowest BCUT2D eigenvalue weighted by atomic mass is 10.1. The molecule has 0 amide bonds. The predicted octanol–water partition coefficient (Wildman–Crippen LogP) is 1.37. The van der Waals surface area contributed by atoms with Crippen LogP contribution in [0.2, 0.25) is 0 Å². The van der Waals surface area contributed by atoms with Crippen molar-refractivity contribution >= 4 is 5.69 Å². The third-order valence-corrected chi connectivity index (χ3v) is 2.11. The quantitative estimate of drug-likeness (QED) is 0.688. The third kappa shape index (κ3) is 1.46. The van der Waals surface area contributed by atoms with Crippen LogP contribution in [-0.2, 0) is 7.05 Å². The van der Waals surface area contributed by atoms with Gasteiger partial charge in [-0.1, -0.05) is 5.21 Å². The molecule has 0 radical (unpaired) electrons. The highest BCUT2D eigenvalue weighted by Crippen LogP contribution is 2.21. The number of nitrogens with two attached hydrogens (primary N) is 1. The van der Waals surface area contributed by atoms with E-state index in [-0.39, 0.29) is 0 Å². The van der Waals surface area contributed by atoms with Gasteiger partial charge in [0.1, 0.15) is 0 Å². The van der Waals surface area contributed by atoms with Crippen LogP contribution < -0.4 is 5.73 Å². The van der Waals surface area contributed by atoms with E-state index >= 15 is 0 Å². The number of hydrogen-bond donors (Lipinski definition) is 1. The average Bonchev–Trinajstić information content (AvgIpc) is 2.49. The maximum atomic E-state index is 5.77. The van der Waals surface area contributed by atoms with Gasteiger partial charge in [0.05, 0.1) is 11.9 Å². The first kappa shape index (κ1) is 8.74. The standard InChI is InChI=1S/C10H12N4/c1-7-3-8(5-9(11)4-7)10-6-12-13-14(10)2/h3-6H,11H2,1-2H3. The highest BCUT2D eigenvalue weighted by atomic mass is 15.4. The highest BCUT2D eigenvalue weighted by molar-refractivity contribution is 5.64. The van der Waals surface area contributed by atoms with Crippen LogP contribution in [0.25, 0.3) is 11.3 Å². The minimum Gasteiger partial charge on any atom is -0.399 e. The van der Waals surface area contributed by atoms with Crippen LogP contribution in [0.5, 0.6) is 0 Å². The van der Waals surface area contributed by atoms with Crippen LogP contribution in [-0.4, -0.2) is 15.0 Å². The van der Waals surface area contributed by atoms with Crippen LogP contribution in [0.3, 0.4) is 0 Å². The van der Waals surface area contributed by atoms with Gasteiger partial charge in [0, 0.05) is 18.3 Å². The summed E-state index contributed by atoms with van der Waals surface area (Å²) in [6, 6.07) is 5.92. The first-order chi connectivity index (χ1) is 6.66. The van der Waals surface area contributed by atoms with Crippen LogP contribution in [0.15, 0.2) is 24.4 Å². The summed E-state index contributed by atoms with van der Waals surface area (Å²) in [7, 11) is 1.86. The van der Waals surface area contributed by atoms with Gasteiger partial charge < -0.3 is 5.73 Å². The SMILES string of the molecule is Cc1cc(N)cc(-c2cnnn2C)c1. The molecule has 4 heteroatoms. The third-order valence-electron chi connectivity index (χ3n) is 2.11.